The van der Waals surface area contributed by atoms with Gasteiger partial charge < -0.3 is 5.11 Å². The maximum Gasteiger partial charge on any atom is 0.168 e. The molecule has 0 atom stereocenters. The fourth-order valence-corrected chi connectivity index (χ4v) is 4.20. The molecule has 0 amide bonds. The van der Waals surface area contributed by atoms with Gasteiger partial charge in [0.15, 0.2) is 5.78 Å². The molecule has 152 valence electrons. The molecule has 0 bridgehead atoms. The zero-order valence-electron chi connectivity index (χ0n) is 17.8. The summed E-state index contributed by atoms with van der Waals surface area (Å²) < 4.78 is 0. The Labute approximate surface area is 177 Å². The van der Waals surface area contributed by atoms with E-state index in [9.17, 15) is 9.90 Å². The standard InChI is InChI=1S/C27H27NO2/c1-18-11-13-21(14-12-18)28-23-16-27(2,3)17-25(30)26(23)24(29)15-20-9-6-8-19-7-4-5-10-22(19)20/h4-14,29H,15-17H2,1-3H3/b26-24+,28-23?. The molecule has 30 heavy (non-hydrogen) atoms. The van der Waals surface area contributed by atoms with E-state index in [4.69, 9.17) is 4.99 Å². The lowest BCUT2D eigenvalue weighted by Gasteiger charge is -2.31. The van der Waals surface area contributed by atoms with Crippen molar-refractivity contribution in [1.29, 1.82) is 0 Å². The number of Topliss-reactive ketones (excluding diaryl/α,β-unsaturated/α-hetero) is 1. The number of allylic oxidation sites excluding steroid dienone is 2. The molecule has 3 aromatic rings. The molecule has 0 radical (unpaired) electrons. The third-order valence-corrected chi connectivity index (χ3v) is 5.68. The Hall–Kier alpha value is -3.20. The van der Waals surface area contributed by atoms with Crippen LogP contribution >= 0.6 is 0 Å². The SMILES string of the molecule is Cc1ccc(N=C2CC(C)(C)CC(=O)/C2=C(/O)Cc2cccc3ccccc23)cc1. The number of nitrogens with zero attached hydrogens (tertiary/aromatic N) is 1. The molecule has 1 aliphatic carbocycles. The largest absolute Gasteiger partial charge is 0.511 e. The highest BCUT2D eigenvalue weighted by Gasteiger charge is 2.36. The first-order chi connectivity index (χ1) is 14.3. The van der Waals surface area contributed by atoms with Gasteiger partial charge in [0.1, 0.15) is 5.76 Å². The molecule has 0 aliphatic heterocycles. The van der Waals surface area contributed by atoms with Crippen LogP contribution in [0, 0.1) is 12.3 Å². The molecule has 3 nitrogen and oxygen atoms in total. The summed E-state index contributed by atoms with van der Waals surface area (Å²) in [5.74, 6) is 0.0764. The average Bonchev–Trinajstić information content (AvgIpc) is 2.69. The molecule has 1 N–H and O–H groups in total. The van der Waals surface area contributed by atoms with Gasteiger partial charge in [0.25, 0.3) is 0 Å². The number of fused-ring (bicyclic) bond motifs is 1. The summed E-state index contributed by atoms with van der Waals surface area (Å²) in [7, 11) is 0. The van der Waals surface area contributed by atoms with Crippen LogP contribution in [0.1, 0.15) is 37.8 Å². The number of carbonyl (C=O) groups is 1. The van der Waals surface area contributed by atoms with Crippen LogP contribution in [0.15, 0.2) is 83.1 Å². The van der Waals surface area contributed by atoms with Crippen LogP contribution in [0.5, 0.6) is 0 Å². The van der Waals surface area contributed by atoms with Gasteiger partial charge in [-0.1, -0.05) is 74.0 Å². The van der Waals surface area contributed by atoms with Crippen molar-refractivity contribution >= 4 is 28.0 Å². The lowest BCUT2D eigenvalue weighted by molar-refractivity contribution is -0.117. The van der Waals surface area contributed by atoms with Crippen molar-refractivity contribution in [3.63, 3.8) is 0 Å². The Kier molecular flexibility index (Phi) is 5.29. The van der Waals surface area contributed by atoms with Gasteiger partial charge in [-0.25, -0.2) is 0 Å². The second-order valence-electron chi connectivity index (χ2n) is 8.97. The zero-order chi connectivity index (χ0) is 21.3. The minimum Gasteiger partial charge on any atom is -0.511 e. The molecular weight excluding hydrogens is 370 g/mol. The molecule has 0 aromatic heterocycles. The van der Waals surface area contributed by atoms with E-state index >= 15 is 0 Å². The number of aliphatic imine (C=N–C) groups is 1. The van der Waals surface area contributed by atoms with E-state index in [0.717, 1.165) is 27.6 Å². The van der Waals surface area contributed by atoms with Gasteiger partial charge in [-0.15, -0.1) is 0 Å². The third-order valence-electron chi connectivity index (χ3n) is 5.68. The molecule has 0 spiro atoms. The highest BCUT2D eigenvalue weighted by atomic mass is 16.3. The number of rotatable bonds is 3. The van der Waals surface area contributed by atoms with Crippen molar-refractivity contribution in [3.8, 4) is 0 Å². The Morgan fingerprint density at radius 3 is 2.43 bits per heavy atom. The zero-order valence-corrected chi connectivity index (χ0v) is 17.8. The molecule has 1 aliphatic rings. The van der Waals surface area contributed by atoms with Crippen molar-refractivity contribution in [1.82, 2.24) is 0 Å². The summed E-state index contributed by atoms with van der Waals surface area (Å²) in [6.45, 7) is 6.19. The minimum absolute atomic E-state index is 0.0325. The number of hydrogen-bond acceptors (Lipinski definition) is 3. The number of carbonyl (C=O) groups excluding carboxylic acids is 1. The van der Waals surface area contributed by atoms with Gasteiger partial charge in [-0.2, -0.15) is 0 Å². The topological polar surface area (TPSA) is 49.7 Å². The smallest absolute Gasteiger partial charge is 0.168 e. The molecule has 0 unspecified atom stereocenters. The highest BCUT2D eigenvalue weighted by Crippen LogP contribution is 2.37. The van der Waals surface area contributed by atoms with Crippen LogP contribution in [0.4, 0.5) is 5.69 Å². The van der Waals surface area contributed by atoms with Gasteiger partial charge in [0, 0.05) is 12.8 Å². The molecule has 3 aromatic carbocycles. The second-order valence-corrected chi connectivity index (χ2v) is 8.97. The van der Waals surface area contributed by atoms with Crippen molar-refractivity contribution in [3.05, 3.63) is 89.2 Å². The van der Waals surface area contributed by atoms with Crippen LogP contribution in [-0.2, 0) is 11.2 Å². The number of benzene rings is 3. The normalized spacial score (nSPS) is 19.3. The lowest BCUT2D eigenvalue weighted by atomic mass is 9.73. The van der Waals surface area contributed by atoms with Crippen LogP contribution < -0.4 is 0 Å². The minimum atomic E-state index is -0.177. The fourth-order valence-electron chi connectivity index (χ4n) is 4.20. The Morgan fingerprint density at radius 1 is 0.967 bits per heavy atom. The van der Waals surface area contributed by atoms with Crippen LogP contribution in [0.25, 0.3) is 10.8 Å². The Bertz CT molecular complexity index is 1160. The van der Waals surface area contributed by atoms with Crippen LogP contribution in [0.2, 0.25) is 0 Å². The lowest BCUT2D eigenvalue weighted by Crippen LogP contribution is -2.32. The monoisotopic (exact) mass is 397 g/mol. The van der Waals surface area contributed by atoms with Gasteiger partial charge in [0.05, 0.1) is 17.0 Å². The van der Waals surface area contributed by atoms with Crippen molar-refractivity contribution in [2.75, 3.05) is 0 Å². The first-order valence-electron chi connectivity index (χ1n) is 10.4. The van der Waals surface area contributed by atoms with Gasteiger partial charge >= 0.3 is 0 Å². The van der Waals surface area contributed by atoms with Gasteiger partial charge in [-0.05, 0) is 47.2 Å². The number of ketones is 1. The van der Waals surface area contributed by atoms with E-state index in [1.807, 2.05) is 55.5 Å². The Morgan fingerprint density at radius 2 is 1.67 bits per heavy atom. The maximum atomic E-state index is 13.1. The number of aliphatic hydroxyl groups is 1. The van der Waals surface area contributed by atoms with Gasteiger partial charge in [-0.3, -0.25) is 9.79 Å². The van der Waals surface area contributed by atoms with Crippen molar-refractivity contribution < 1.29 is 9.90 Å². The molecular formula is C27H27NO2. The third kappa shape index (κ3) is 4.20. The van der Waals surface area contributed by atoms with Crippen molar-refractivity contribution in [2.45, 2.75) is 40.0 Å². The second kappa shape index (κ2) is 7.91. The summed E-state index contributed by atoms with van der Waals surface area (Å²) in [4.78, 5) is 17.9. The first kappa shape index (κ1) is 20.1. The molecule has 1 saturated carbocycles. The Balaban J connectivity index is 1.78. The quantitative estimate of drug-likeness (QED) is 0.396. The fraction of sp³-hybridized carbons (Fsp3) is 0.259. The van der Waals surface area contributed by atoms with E-state index in [1.54, 1.807) is 0 Å². The summed E-state index contributed by atoms with van der Waals surface area (Å²) >= 11 is 0. The average molecular weight is 398 g/mol. The molecule has 1 fully saturated rings. The summed E-state index contributed by atoms with van der Waals surface area (Å²) in [6, 6.07) is 22.1. The summed E-state index contributed by atoms with van der Waals surface area (Å²) in [5.41, 5.74) is 3.86. The maximum absolute atomic E-state index is 13.1. The number of hydrogen-bond donors (Lipinski definition) is 1. The summed E-state index contributed by atoms with van der Waals surface area (Å²) in [6.07, 6.45) is 1.38. The molecule has 0 heterocycles. The number of aliphatic hydroxyl groups excluding tert-OH is 1. The molecule has 3 heteroatoms. The van der Waals surface area contributed by atoms with E-state index in [2.05, 4.69) is 32.0 Å². The van der Waals surface area contributed by atoms with E-state index in [1.165, 1.54) is 0 Å². The van der Waals surface area contributed by atoms with E-state index < -0.39 is 0 Å². The van der Waals surface area contributed by atoms with Crippen molar-refractivity contribution in [2.24, 2.45) is 10.4 Å². The van der Waals surface area contributed by atoms with Gasteiger partial charge in [0.2, 0.25) is 0 Å². The van der Waals surface area contributed by atoms with E-state index in [0.29, 0.717) is 30.5 Å². The van der Waals surface area contributed by atoms with E-state index in [-0.39, 0.29) is 17.0 Å². The first-order valence-corrected chi connectivity index (χ1v) is 10.4. The highest BCUT2D eigenvalue weighted by molar-refractivity contribution is 6.25. The predicted octanol–water partition coefficient (Wildman–Crippen LogP) is 6.66. The van der Waals surface area contributed by atoms with Crippen LogP contribution in [0.3, 0.4) is 0 Å². The predicted molar refractivity (Wildman–Crippen MR) is 124 cm³/mol. The number of aryl methyl sites for hydroxylation is 1. The molecule has 0 saturated heterocycles. The molecule has 4 rings (SSSR count). The van der Waals surface area contributed by atoms with Crippen LogP contribution in [-0.4, -0.2) is 16.6 Å². The summed E-state index contributed by atoms with van der Waals surface area (Å²) in [5, 5.41) is 13.3.